The Hall–Kier alpha value is -8.72. The van der Waals surface area contributed by atoms with Gasteiger partial charge in [0, 0.05) is 34.1 Å². The standard InChI is InChI=1S/C65H44N2/c1-4-19-45(20-5-1)48-24-16-28-51(41-48)67(52-29-17-25-49(42-52)46-21-6-2-7-22-46)54-31-18-30-53(43-54)66(50-26-8-3-9-27-50)55-38-40-59-57-33-12-14-35-61(57)65(63(59)44-55)62-36-15-13-34-58(62)60-39-37-47-23-10-11-32-56(47)64(60)65/h1-44H. The summed E-state index contributed by atoms with van der Waals surface area (Å²) in [5, 5.41) is 2.55. The van der Waals surface area contributed by atoms with Gasteiger partial charge in [0.25, 0.3) is 0 Å². The van der Waals surface area contributed by atoms with Crippen molar-refractivity contribution in [3.8, 4) is 44.5 Å². The van der Waals surface area contributed by atoms with Gasteiger partial charge in [-0.05, 0) is 144 Å². The summed E-state index contributed by atoms with van der Waals surface area (Å²) in [6.45, 7) is 0. The Labute approximate surface area is 391 Å². The predicted molar refractivity (Wildman–Crippen MR) is 280 cm³/mol. The number of hydrogen-bond donors (Lipinski definition) is 0. The van der Waals surface area contributed by atoms with Crippen molar-refractivity contribution in [2.24, 2.45) is 0 Å². The largest absolute Gasteiger partial charge is 0.310 e. The second-order valence-electron chi connectivity index (χ2n) is 17.6. The normalized spacial score (nSPS) is 14.0. The zero-order valence-corrected chi connectivity index (χ0v) is 36.8. The van der Waals surface area contributed by atoms with E-state index in [-0.39, 0.29) is 0 Å². The molecule has 0 amide bonds. The summed E-state index contributed by atoms with van der Waals surface area (Å²) >= 11 is 0. The Morgan fingerprint density at radius 2 is 0.657 bits per heavy atom. The SMILES string of the molecule is c1ccc(-c2cccc(N(c3cccc(-c4ccccc4)c3)c3cccc(N(c4ccccc4)c4ccc5c(c4)C4(c6ccccc6-5)c5ccccc5-c5ccc6ccccc6c54)c3)c2)cc1. The van der Waals surface area contributed by atoms with E-state index in [9.17, 15) is 0 Å². The van der Waals surface area contributed by atoms with Gasteiger partial charge in [0.05, 0.1) is 5.41 Å². The molecule has 0 bridgehead atoms. The molecular weight excluding hydrogens is 809 g/mol. The summed E-state index contributed by atoms with van der Waals surface area (Å²) in [5.74, 6) is 0. The Balaban J connectivity index is 1.02. The van der Waals surface area contributed by atoms with Gasteiger partial charge in [0.1, 0.15) is 0 Å². The molecule has 0 saturated heterocycles. The van der Waals surface area contributed by atoms with Crippen LogP contribution in [0, 0.1) is 0 Å². The average molecular weight is 853 g/mol. The lowest BCUT2D eigenvalue weighted by Gasteiger charge is -2.33. The van der Waals surface area contributed by atoms with Crippen LogP contribution in [0.3, 0.4) is 0 Å². The summed E-state index contributed by atoms with van der Waals surface area (Å²) in [6, 6.07) is 98.0. The average Bonchev–Trinajstić information content (AvgIpc) is 3.87. The third-order valence-electron chi connectivity index (χ3n) is 14.0. The molecule has 0 fully saturated rings. The minimum Gasteiger partial charge on any atom is -0.310 e. The fraction of sp³-hybridized carbons (Fsp3) is 0.0154. The number of hydrogen-bond acceptors (Lipinski definition) is 2. The summed E-state index contributed by atoms with van der Waals surface area (Å²) in [7, 11) is 0. The monoisotopic (exact) mass is 852 g/mol. The van der Waals surface area contributed by atoms with Crippen LogP contribution in [0.15, 0.2) is 267 Å². The summed E-state index contributed by atoms with van der Waals surface area (Å²) < 4.78 is 0. The lowest BCUT2D eigenvalue weighted by atomic mass is 9.69. The minimum atomic E-state index is -0.511. The number of nitrogens with zero attached hydrogens (tertiary/aromatic N) is 2. The maximum atomic E-state index is 2.49. The van der Waals surface area contributed by atoms with E-state index < -0.39 is 5.41 Å². The Morgan fingerprint density at radius 3 is 1.28 bits per heavy atom. The van der Waals surface area contributed by atoms with Crippen LogP contribution in [-0.2, 0) is 5.41 Å². The van der Waals surface area contributed by atoms with Crippen molar-refractivity contribution < 1.29 is 0 Å². The van der Waals surface area contributed by atoms with E-state index in [0.29, 0.717) is 0 Å². The molecule has 67 heavy (non-hydrogen) atoms. The minimum absolute atomic E-state index is 0.511. The van der Waals surface area contributed by atoms with Gasteiger partial charge >= 0.3 is 0 Å². The molecule has 0 radical (unpaired) electrons. The molecule has 0 heterocycles. The Kier molecular flexibility index (Phi) is 9.11. The van der Waals surface area contributed by atoms with Gasteiger partial charge in [-0.3, -0.25) is 0 Å². The molecule has 1 unspecified atom stereocenters. The van der Waals surface area contributed by atoms with Crippen LogP contribution in [0.4, 0.5) is 34.1 Å². The molecule has 11 aromatic carbocycles. The second-order valence-corrected chi connectivity index (χ2v) is 17.6. The van der Waals surface area contributed by atoms with Crippen LogP contribution in [0.25, 0.3) is 55.3 Å². The van der Waals surface area contributed by atoms with Crippen molar-refractivity contribution in [1.29, 1.82) is 0 Å². The van der Waals surface area contributed by atoms with Crippen molar-refractivity contribution >= 4 is 44.9 Å². The maximum Gasteiger partial charge on any atom is 0.0732 e. The molecule has 11 aromatic rings. The lowest BCUT2D eigenvalue weighted by molar-refractivity contribution is 0.801. The van der Waals surface area contributed by atoms with E-state index in [1.807, 2.05) is 0 Å². The number of fused-ring (bicyclic) bond motifs is 12. The van der Waals surface area contributed by atoms with E-state index in [4.69, 9.17) is 0 Å². The van der Waals surface area contributed by atoms with Gasteiger partial charge in [-0.15, -0.1) is 0 Å². The van der Waals surface area contributed by atoms with Gasteiger partial charge < -0.3 is 9.80 Å². The number of benzene rings is 11. The first-order valence-electron chi connectivity index (χ1n) is 23.2. The van der Waals surface area contributed by atoms with E-state index in [1.165, 1.54) is 77.5 Å². The van der Waals surface area contributed by atoms with Gasteiger partial charge in [-0.25, -0.2) is 0 Å². The van der Waals surface area contributed by atoms with Crippen LogP contribution in [0.2, 0.25) is 0 Å². The summed E-state index contributed by atoms with van der Waals surface area (Å²) in [5.41, 5.74) is 21.2. The van der Waals surface area contributed by atoms with E-state index in [0.717, 1.165) is 34.1 Å². The molecular formula is C65H44N2. The highest BCUT2D eigenvalue weighted by molar-refractivity contribution is 6.04. The first kappa shape index (κ1) is 38.7. The maximum absolute atomic E-state index is 2.49. The molecule has 0 aromatic heterocycles. The van der Waals surface area contributed by atoms with Crippen molar-refractivity contribution in [2.75, 3.05) is 9.80 Å². The Morgan fingerprint density at radius 1 is 0.239 bits per heavy atom. The van der Waals surface area contributed by atoms with Gasteiger partial charge in [-0.2, -0.15) is 0 Å². The van der Waals surface area contributed by atoms with Gasteiger partial charge in [0.15, 0.2) is 0 Å². The third kappa shape index (κ3) is 6.18. The highest BCUT2D eigenvalue weighted by Crippen LogP contribution is 2.64. The predicted octanol–water partition coefficient (Wildman–Crippen LogP) is 17.5. The van der Waals surface area contributed by atoms with E-state index in [2.05, 4.69) is 277 Å². The molecule has 2 aliphatic carbocycles. The fourth-order valence-electron chi connectivity index (χ4n) is 11.2. The molecule has 1 atom stereocenters. The zero-order valence-electron chi connectivity index (χ0n) is 36.8. The van der Waals surface area contributed by atoms with Crippen molar-refractivity contribution in [3.05, 3.63) is 289 Å². The molecule has 1 spiro atoms. The first-order valence-corrected chi connectivity index (χ1v) is 23.2. The quantitative estimate of drug-likeness (QED) is 0.150. The van der Waals surface area contributed by atoms with Crippen LogP contribution >= 0.6 is 0 Å². The number of rotatable bonds is 8. The molecule has 0 aliphatic heterocycles. The molecule has 2 aliphatic rings. The van der Waals surface area contributed by atoms with Crippen molar-refractivity contribution in [3.63, 3.8) is 0 Å². The topological polar surface area (TPSA) is 6.48 Å². The zero-order chi connectivity index (χ0) is 44.3. The van der Waals surface area contributed by atoms with Crippen molar-refractivity contribution in [2.45, 2.75) is 5.41 Å². The second kappa shape index (κ2) is 15.8. The summed E-state index contributed by atoms with van der Waals surface area (Å²) in [6.07, 6.45) is 0. The van der Waals surface area contributed by atoms with Crippen LogP contribution in [0.5, 0.6) is 0 Å². The smallest absolute Gasteiger partial charge is 0.0732 e. The lowest BCUT2D eigenvalue weighted by Crippen LogP contribution is -2.26. The number of para-hydroxylation sites is 1. The van der Waals surface area contributed by atoms with Crippen LogP contribution in [-0.4, -0.2) is 0 Å². The number of anilines is 6. The van der Waals surface area contributed by atoms with Crippen LogP contribution < -0.4 is 9.80 Å². The van der Waals surface area contributed by atoms with Gasteiger partial charge in [0.2, 0.25) is 0 Å². The molecule has 2 heteroatoms. The highest BCUT2D eigenvalue weighted by atomic mass is 15.2. The fourth-order valence-corrected chi connectivity index (χ4v) is 11.2. The molecule has 314 valence electrons. The highest BCUT2D eigenvalue weighted by Gasteiger charge is 2.52. The van der Waals surface area contributed by atoms with Crippen LogP contribution in [0.1, 0.15) is 22.3 Å². The molecule has 2 nitrogen and oxygen atoms in total. The van der Waals surface area contributed by atoms with Crippen molar-refractivity contribution in [1.82, 2.24) is 0 Å². The Bertz CT molecular complexity index is 3560. The summed E-state index contributed by atoms with van der Waals surface area (Å²) in [4.78, 5) is 4.83. The van der Waals surface area contributed by atoms with E-state index in [1.54, 1.807) is 0 Å². The van der Waals surface area contributed by atoms with E-state index >= 15 is 0 Å². The molecule has 0 saturated carbocycles. The molecule has 13 rings (SSSR count). The van der Waals surface area contributed by atoms with Gasteiger partial charge in [-0.1, -0.05) is 200 Å². The third-order valence-corrected chi connectivity index (χ3v) is 14.0. The molecule has 0 N–H and O–H groups in total. The first-order chi connectivity index (χ1) is 33.2.